The van der Waals surface area contributed by atoms with Crippen molar-refractivity contribution >= 4 is 29.1 Å². The molecule has 2 amide bonds. The lowest BCUT2D eigenvalue weighted by Crippen LogP contribution is -2.21. The monoisotopic (exact) mass is 364 g/mol. The van der Waals surface area contributed by atoms with Gasteiger partial charge in [0.2, 0.25) is 0 Å². The number of amides is 2. The van der Waals surface area contributed by atoms with Crippen molar-refractivity contribution in [2.24, 2.45) is 14.1 Å². The van der Waals surface area contributed by atoms with Gasteiger partial charge in [-0.1, -0.05) is 11.6 Å². The van der Waals surface area contributed by atoms with Crippen molar-refractivity contribution in [1.29, 1.82) is 0 Å². The maximum Gasteiger partial charge on any atom is 0.434 e. The highest BCUT2D eigenvalue weighted by Crippen LogP contribution is 2.36. The van der Waals surface area contributed by atoms with Gasteiger partial charge in [0, 0.05) is 27.3 Å². The van der Waals surface area contributed by atoms with Crippen molar-refractivity contribution in [2.75, 3.05) is 12.4 Å². The number of rotatable bonds is 3. The van der Waals surface area contributed by atoms with Crippen LogP contribution in [0.1, 0.15) is 26.7 Å². The summed E-state index contributed by atoms with van der Waals surface area (Å²) >= 11 is 5.65. The summed E-state index contributed by atoms with van der Waals surface area (Å²) in [5.74, 6) is -1.57. The molecule has 2 aromatic rings. The molecule has 130 valence electrons. The van der Waals surface area contributed by atoms with Gasteiger partial charge in [0.25, 0.3) is 11.8 Å². The second kappa shape index (κ2) is 6.15. The first-order valence-corrected chi connectivity index (χ1v) is 6.80. The standard InChI is InChI=1S/C12H12ClF3N6O2/c1-17-10(23)7-5(4-21(2)19-7)18-11(24)8-6(13)9(12(14,15)16)22(3)20-8/h4H,1-3H3,(H,17,23)(H,18,24). The van der Waals surface area contributed by atoms with E-state index in [-0.39, 0.29) is 11.4 Å². The SMILES string of the molecule is CNC(=O)c1nn(C)cc1NC(=O)c1nn(C)c(C(F)(F)F)c1Cl. The van der Waals surface area contributed by atoms with Crippen molar-refractivity contribution in [3.05, 3.63) is 28.3 Å². The molecule has 0 radical (unpaired) electrons. The first kappa shape index (κ1) is 17.8. The van der Waals surface area contributed by atoms with Crippen LogP contribution in [0, 0.1) is 0 Å². The van der Waals surface area contributed by atoms with Gasteiger partial charge in [-0.05, 0) is 0 Å². The third kappa shape index (κ3) is 3.20. The Labute approximate surface area is 138 Å². The van der Waals surface area contributed by atoms with E-state index >= 15 is 0 Å². The average Bonchev–Trinajstić information content (AvgIpc) is 2.97. The Morgan fingerprint density at radius 3 is 2.29 bits per heavy atom. The van der Waals surface area contributed by atoms with E-state index < -0.39 is 34.4 Å². The van der Waals surface area contributed by atoms with Crippen LogP contribution in [0.25, 0.3) is 0 Å². The Morgan fingerprint density at radius 1 is 1.17 bits per heavy atom. The zero-order valence-corrected chi connectivity index (χ0v) is 13.5. The topological polar surface area (TPSA) is 93.8 Å². The van der Waals surface area contributed by atoms with Crippen LogP contribution in [-0.4, -0.2) is 38.4 Å². The zero-order valence-electron chi connectivity index (χ0n) is 12.7. The number of alkyl halides is 3. The predicted molar refractivity (Wildman–Crippen MR) is 77.8 cm³/mol. The molecule has 0 spiro atoms. The molecular formula is C12H12ClF3N6O2. The zero-order chi connectivity index (χ0) is 18.2. The molecule has 0 saturated carbocycles. The molecule has 2 rings (SSSR count). The number of hydrogen-bond acceptors (Lipinski definition) is 4. The molecule has 0 saturated heterocycles. The fourth-order valence-electron chi connectivity index (χ4n) is 2.00. The highest BCUT2D eigenvalue weighted by molar-refractivity contribution is 6.34. The molecule has 0 aromatic carbocycles. The van der Waals surface area contributed by atoms with Crippen molar-refractivity contribution in [3.63, 3.8) is 0 Å². The second-order valence-electron chi connectivity index (χ2n) is 4.73. The van der Waals surface area contributed by atoms with Crippen LogP contribution < -0.4 is 10.6 Å². The van der Waals surface area contributed by atoms with E-state index in [9.17, 15) is 22.8 Å². The summed E-state index contributed by atoms with van der Waals surface area (Å²) in [7, 11) is 3.90. The number of aromatic nitrogens is 4. The van der Waals surface area contributed by atoms with Gasteiger partial charge in [-0.25, -0.2) is 0 Å². The van der Waals surface area contributed by atoms with E-state index in [4.69, 9.17) is 11.6 Å². The van der Waals surface area contributed by atoms with E-state index in [2.05, 4.69) is 20.8 Å². The van der Waals surface area contributed by atoms with Gasteiger partial charge in [-0.3, -0.25) is 19.0 Å². The summed E-state index contributed by atoms with van der Waals surface area (Å²) in [6.45, 7) is 0. The lowest BCUT2D eigenvalue weighted by atomic mass is 10.3. The van der Waals surface area contributed by atoms with Gasteiger partial charge in [0.15, 0.2) is 17.1 Å². The lowest BCUT2D eigenvalue weighted by molar-refractivity contribution is -0.143. The number of hydrogen-bond donors (Lipinski definition) is 2. The maximum absolute atomic E-state index is 12.9. The van der Waals surface area contributed by atoms with Gasteiger partial charge >= 0.3 is 6.18 Å². The van der Waals surface area contributed by atoms with E-state index in [1.807, 2.05) is 0 Å². The van der Waals surface area contributed by atoms with Crippen molar-refractivity contribution in [3.8, 4) is 0 Å². The Kier molecular flexibility index (Phi) is 4.56. The predicted octanol–water partition coefficient (Wildman–Crippen LogP) is 1.44. The molecule has 0 unspecified atom stereocenters. The molecule has 0 fully saturated rings. The molecule has 24 heavy (non-hydrogen) atoms. The van der Waals surface area contributed by atoms with Gasteiger partial charge in [0.1, 0.15) is 5.02 Å². The van der Waals surface area contributed by atoms with Crippen molar-refractivity contribution in [2.45, 2.75) is 6.18 Å². The Balaban J connectivity index is 2.37. The fourth-order valence-corrected chi connectivity index (χ4v) is 2.35. The molecule has 2 aromatic heterocycles. The maximum atomic E-state index is 12.9. The van der Waals surface area contributed by atoms with E-state index in [0.717, 1.165) is 7.05 Å². The number of nitrogens with one attached hydrogen (secondary N) is 2. The van der Waals surface area contributed by atoms with Gasteiger partial charge in [-0.2, -0.15) is 23.4 Å². The number of nitrogens with zero attached hydrogens (tertiary/aromatic N) is 4. The Bertz CT molecular complexity index is 811. The summed E-state index contributed by atoms with van der Waals surface area (Å²) in [4.78, 5) is 23.9. The van der Waals surface area contributed by atoms with Gasteiger partial charge in [0.05, 0.1) is 5.69 Å². The summed E-state index contributed by atoms with van der Waals surface area (Å²) in [6.07, 6.45) is -3.44. The molecule has 0 bridgehead atoms. The van der Waals surface area contributed by atoms with Crippen LogP contribution in [0.4, 0.5) is 18.9 Å². The molecular weight excluding hydrogens is 353 g/mol. The first-order chi connectivity index (χ1) is 11.1. The van der Waals surface area contributed by atoms with Crippen LogP contribution in [-0.2, 0) is 20.3 Å². The summed E-state index contributed by atoms with van der Waals surface area (Å²) in [5.41, 5.74) is -1.95. The number of aryl methyl sites for hydroxylation is 2. The van der Waals surface area contributed by atoms with Gasteiger partial charge in [-0.15, -0.1) is 0 Å². The summed E-state index contributed by atoms with van der Waals surface area (Å²) in [6, 6.07) is 0. The molecule has 0 aliphatic heterocycles. The smallest absolute Gasteiger partial charge is 0.354 e. The number of anilines is 1. The molecule has 8 nitrogen and oxygen atoms in total. The molecule has 2 heterocycles. The average molecular weight is 365 g/mol. The highest BCUT2D eigenvalue weighted by atomic mass is 35.5. The highest BCUT2D eigenvalue weighted by Gasteiger charge is 2.40. The Hall–Kier alpha value is -2.56. The minimum Gasteiger partial charge on any atom is -0.354 e. The van der Waals surface area contributed by atoms with Crippen LogP contribution in [0.3, 0.4) is 0 Å². The number of halogens is 4. The van der Waals surface area contributed by atoms with Crippen LogP contribution in [0.15, 0.2) is 6.20 Å². The largest absolute Gasteiger partial charge is 0.434 e. The van der Waals surface area contributed by atoms with E-state index in [0.29, 0.717) is 4.68 Å². The quantitative estimate of drug-likeness (QED) is 0.861. The Morgan fingerprint density at radius 2 is 1.79 bits per heavy atom. The first-order valence-electron chi connectivity index (χ1n) is 6.43. The van der Waals surface area contributed by atoms with E-state index in [1.165, 1.54) is 25.0 Å². The van der Waals surface area contributed by atoms with Gasteiger partial charge < -0.3 is 10.6 Å². The molecule has 0 atom stereocenters. The minimum absolute atomic E-state index is 0.0112. The van der Waals surface area contributed by atoms with Crippen LogP contribution in [0.2, 0.25) is 5.02 Å². The van der Waals surface area contributed by atoms with Crippen LogP contribution in [0.5, 0.6) is 0 Å². The minimum atomic E-state index is -4.76. The molecule has 12 heteroatoms. The second-order valence-corrected chi connectivity index (χ2v) is 5.11. The summed E-state index contributed by atoms with van der Waals surface area (Å²) < 4.78 is 40.4. The fraction of sp³-hybridized carbons (Fsp3) is 0.333. The molecule has 2 N–H and O–H groups in total. The number of carbonyl (C=O) groups excluding carboxylic acids is 2. The third-order valence-electron chi connectivity index (χ3n) is 2.99. The normalized spacial score (nSPS) is 11.5. The third-order valence-corrected chi connectivity index (χ3v) is 3.35. The van der Waals surface area contributed by atoms with Crippen LogP contribution >= 0.6 is 11.6 Å². The van der Waals surface area contributed by atoms with Crippen molar-refractivity contribution < 1.29 is 22.8 Å². The lowest BCUT2D eigenvalue weighted by Gasteiger charge is -2.06. The van der Waals surface area contributed by atoms with E-state index in [1.54, 1.807) is 0 Å². The number of carbonyl (C=O) groups is 2. The summed E-state index contributed by atoms with van der Waals surface area (Å²) in [5, 5.41) is 11.2. The molecule has 0 aliphatic rings. The molecule has 0 aliphatic carbocycles. The van der Waals surface area contributed by atoms with Crippen molar-refractivity contribution in [1.82, 2.24) is 24.9 Å².